The lowest BCUT2D eigenvalue weighted by Crippen LogP contribution is -2.38. The molecule has 0 saturated carbocycles. The number of nitrogens with one attached hydrogen (secondary N) is 2. The summed E-state index contributed by atoms with van der Waals surface area (Å²) in [6.45, 7) is -0.0865. The highest BCUT2D eigenvalue weighted by Crippen LogP contribution is 2.28. The molecule has 1 aliphatic rings. The van der Waals surface area contributed by atoms with Crippen molar-refractivity contribution in [2.45, 2.75) is 13.2 Å². The Bertz CT molecular complexity index is 1390. The Kier molecular flexibility index (Phi) is 8.52. The number of benzene rings is 3. The average molecular weight is 530 g/mol. The minimum Gasteiger partial charge on any atom is -0.480 e. The Balaban J connectivity index is 1.33. The molecule has 1 heterocycles. The number of hydrogen-bond donors (Lipinski definition) is 3. The number of nitrogens with zero attached hydrogens (tertiary/aromatic N) is 3. The number of carboxylic acids is 1. The number of aliphatic carboxylic acids is 1. The van der Waals surface area contributed by atoms with Crippen LogP contribution in [0.1, 0.15) is 27.0 Å². The van der Waals surface area contributed by atoms with Crippen LogP contribution >= 0.6 is 0 Å². The highest BCUT2D eigenvalue weighted by molar-refractivity contribution is 6.04. The van der Waals surface area contributed by atoms with Crippen LogP contribution < -0.4 is 15.6 Å². The number of ether oxygens (including phenoxy) is 1. The number of amides is 3. The molecule has 0 spiro atoms. The van der Waals surface area contributed by atoms with E-state index in [4.69, 9.17) is 9.84 Å². The molecule has 0 aliphatic carbocycles. The van der Waals surface area contributed by atoms with Gasteiger partial charge in [0.05, 0.1) is 12.8 Å². The largest absolute Gasteiger partial charge is 0.480 e. The summed E-state index contributed by atoms with van der Waals surface area (Å²) in [7, 11) is 1.76. The number of carbonyl (C=O) groups is 4. The van der Waals surface area contributed by atoms with Crippen molar-refractivity contribution in [2.75, 3.05) is 30.4 Å². The van der Waals surface area contributed by atoms with Gasteiger partial charge < -0.3 is 25.0 Å². The molecular weight excluding hydrogens is 502 g/mol. The molecule has 0 unspecified atom stereocenters. The molecule has 39 heavy (non-hydrogen) atoms. The molecule has 0 aromatic heterocycles. The standard InChI is InChI=1S/C28H27N5O6/c1-32-16-25(34)33(17-26(35)36)15-22-13-23(11-12-24(22)32)30-27(37)21-9-7-19(8-10-21)14-29-31-28(38)39-18-20-5-3-2-4-6-20/h2-14H,15-18H2,1H3,(H,30,37)(H,31,38)(H,35,36). The molecule has 0 fully saturated rings. The molecule has 3 N–H and O–H groups in total. The van der Waals surface area contributed by atoms with Gasteiger partial charge in [0, 0.05) is 30.5 Å². The number of carbonyl (C=O) groups excluding carboxylic acids is 3. The summed E-state index contributed by atoms with van der Waals surface area (Å²) in [6.07, 6.45) is 0.743. The van der Waals surface area contributed by atoms with Gasteiger partial charge in [0.25, 0.3) is 5.91 Å². The summed E-state index contributed by atoms with van der Waals surface area (Å²) in [5.41, 5.74) is 6.23. The monoisotopic (exact) mass is 529 g/mol. The lowest BCUT2D eigenvalue weighted by molar-refractivity contribution is -0.144. The zero-order valence-electron chi connectivity index (χ0n) is 21.2. The molecule has 3 aromatic carbocycles. The van der Waals surface area contributed by atoms with Crippen molar-refractivity contribution in [3.05, 3.63) is 95.1 Å². The van der Waals surface area contributed by atoms with E-state index in [1.807, 2.05) is 30.3 Å². The van der Waals surface area contributed by atoms with Crippen molar-refractivity contribution in [1.29, 1.82) is 0 Å². The van der Waals surface area contributed by atoms with Crippen LogP contribution in [0.25, 0.3) is 0 Å². The van der Waals surface area contributed by atoms with E-state index in [1.54, 1.807) is 54.4 Å². The Labute approximate surface area is 224 Å². The second kappa shape index (κ2) is 12.4. The number of likely N-dealkylation sites (N-methyl/N-ethyl adjacent to an activating group) is 1. The van der Waals surface area contributed by atoms with E-state index >= 15 is 0 Å². The first-order valence-corrected chi connectivity index (χ1v) is 12.0. The van der Waals surface area contributed by atoms with Gasteiger partial charge in [0.1, 0.15) is 13.2 Å². The maximum Gasteiger partial charge on any atom is 0.428 e. The van der Waals surface area contributed by atoms with Crippen LogP contribution in [0.4, 0.5) is 16.2 Å². The molecule has 3 amide bonds. The molecule has 3 aromatic rings. The topological polar surface area (TPSA) is 141 Å². The van der Waals surface area contributed by atoms with E-state index in [1.165, 1.54) is 11.1 Å². The third-order valence-electron chi connectivity index (χ3n) is 5.92. The summed E-state index contributed by atoms with van der Waals surface area (Å²) >= 11 is 0. The second-order valence-electron chi connectivity index (χ2n) is 8.85. The van der Waals surface area contributed by atoms with Crippen LogP contribution in [-0.2, 0) is 27.5 Å². The van der Waals surface area contributed by atoms with E-state index in [-0.39, 0.29) is 31.5 Å². The van der Waals surface area contributed by atoms with Gasteiger partial charge >= 0.3 is 12.1 Å². The molecule has 0 bridgehead atoms. The van der Waals surface area contributed by atoms with Gasteiger partial charge in [-0.05, 0) is 47.0 Å². The second-order valence-corrected chi connectivity index (χ2v) is 8.85. The van der Waals surface area contributed by atoms with Gasteiger partial charge in [-0.1, -0.05) is 42.5 Å². The van der Waals surface area contributed by atoms with Gasteiger partial charge in [0.2, 0.25) is 5.91 Å². The van der Waals surface area contributed by atoms with Gasteiger partial charge in [-0.25, -0.2) is 10.2 Å². The van der Waals surface area contributed by atoms with Crippen LogP contribution in [0.15, 0.2) is 77.9 Å². The Morgan fingerprint density at radius 1 is 1.03 bits per heavy atom. The minimum absolute atomic E-state index is 0.0615. The smallest absolute Gasteiger partial charge is 0.428 e. The fraction of sp³-hybridized carbons (Fsp3) is 0.179. The van der Waals surface area contributed by atoms with Gasteiger partial charge in [-0.3, -0.25) is 14.4 Å². The van der Waals surface area contributed by atoms with Crippen LogP contribution in [-0.4, -0.2) is 60.2 Å². The van der Waals surface area contributed by atoms with Gasteiger partial charge in [-0.2, -0.15) is 5.10 Å². The quantitative estimate of drug-likeness (QED) is 0.301. The molecule has 11 nitrogen and oxygen atoms in total. The Morgan fingerprint density at radius 3 is 2.49 bits per heavy atom. The van der Waals surface area contributed by atoms with Crippen LogP contribution in [0.2, 0.25) is 0 Å². The average Bonchev–Trinajstić information content (AvgIpc) is 3.03. The maximum absolute atomic E-state index is 12.8. The normalized spacial score (nSPS) is 13.0. The van der Waals surface area contributed by atoms with Crippen molar-refractivity contribution in [3.63, 3.8) is 0 Å². The first-order valence-electron chi connectivity index (χ1n) is 12.0. The van der Waals surface area contributed by atoms with E-state index in [0.29, 0.717) is 16.8 Å². The summed E-state index contributed by atoms with van der Waals surface area (Å²) in [6, 6.07) is 21.1. The predicted octanol–water partition coefficient (Wildman–Crippen LogP) is 3.06. The van der Waals surface area contributed by atoms with Crippen molar-refractivity contribution in [2.24, 2.45) is 5.10 Å². The highest BCUT2D eigenvalue weighted by Gasteiger charge is 2.25. The number of hydrazone groups is 1. The Morgan fingerprint density at radius 2 is 1.77 bits per heavy atom. The highest BCUT2D eigenvalue weighted by atomic mass is 16.6. The van der Waals surface area contributed by atoms with Gasteiger partial charge in [-0.15, -0.1) is 0 Å². The minimum atomic E-state index is -1.09. The SMILES string of the molecule is CN1CC(=O)N(CC(=O)O)Cc2cc(NC(=O)c3ccc(C=NNC(=O)OCc4ccccc4)cc3)ccc21. The number of hydrogen-bond acceptors (Lipinski definition) is 7. The van der Waals surface area contributed by atoms with Crippen LogP contribution in [0.5, 0.6) is 0 Å². The predicted molar refractivity (Wildman–Crippen MR) is 145 cm³/mol. The lowest BCUT2D eigenvalue weighted by atomic mass is 10.1. The molecule has 4 rings (SSSR count). The fourth-order valence-electron chi connectivity index (χ4n) is 3.99. The summed E-state index contributed by atoms with van der Waals surface area (Å²) in [5, 5.41) is 15.8. The summed E-state index contributed by atoms with van der Waals surface area (Å²) in [5.74, 6) is -1.72. The van der Waals surface area contributed by atoms with Crippen molar-refractivity contribution >= 4 is 41.5 Å². The number of fused-ring (bicyclic) bond motifs is 1. The maximum atomic E-state index is 12.8. The van der Waals surface area contributed by atoms with Crippen molar-refractivity contribution < 1.29 is 29.0 Å². The molecule has 200 valence electrons. The van der Waals surface area contributed by atoms with Gasteiger partial charge in [0.15, 0.2) is 0 Å². The molecule has 0 atom stereocenters. The zero-order chi connectivity index (χ0) is 27.8. The summed E-state index contributed by atoms with van der Waals surface area (Å²) < 4.78 is 5.08. The van der Waals surface area contributed by atoms with E-state index in [0.717, 1.165) is 16.8 Å². The van der Waals surface area contributed by atoms with Crippen LogP contribution in [0.3, 0.4) is 0 Å². The number of carboxylic acid groups (broad SMARTS) is 1. The third kappa shape index (κ3) is 7.41. The fourth-order valence-corrected chi connectivity index (χ4v) is 3.99. The first-order chi connectivity index (χ1) is 18.8. The van der Waals surface area contributed by atoms with Crippen LogP contribution in [0, 0.1) is 0 Å². The van der Waals surface area contributed by atoms with E-state index in [2.05, 4.69) is 15.8 Å². The Hall–Kier alpha value is -5.19. The van der Waals surface area contributed by atoms with Crippen molar-refractivity contribution in [3.8, 4) is 0 Å². The number of anilines is 2. The lowest BCUT2D eigenvalue weighted by Gasteiger charge is -2.18. The molecule has 0 radical (unpaired) electrons. The number of rotatable bonds is 8. The first kappa shape index (κ1) is 26.9. The molecule has 1 aliphatic heterocycles. The molecule has 11 heteroatoms. The summed E-state index contributed by atoms with van der Waals surface area (Å²) in [4.78, 5) is 51.2. The zero-order valence-corrected chi connectivity index (χ0v) is 21.2. The van der Waals surface area contributed by atoms with E-state index in [9.17, 15) is 19.2 Å². The third-order valence-corrected chi connectivity index (χ3v) is 5.92. The molecule has 0 saturated heterocycles. The van der Waals surface area contributed by atoms with E-state index < -0.39 is 18.6 Å². The van der Waals surface area contributed by atoms with Crippen molar-refractivity contribution in [1.82, 2.24) is 10.3 Å². The molecular formula is C28H27N5O6.